The zero-order valence-electron chi connectivity index (χ0n) is 13.7. The third kappa shape index (κ3) is 3.06. The average Bonchev–Trinajstić information content (AvgIpc) is 3.28. The van der Waals surface area contributed by atoms with E-state index in [1.165, 1.54) is 5.75 Å². The molecule has 2 aliphatic heterocycles. The van der Waals surface area contributed by atoms with E-state index < -0.39 is 0 Å². The number of rotatable bonds is 4. The Morgan fingerprint density at radius 2 is 2.17 bits per heavy atom. The molecule has 5 nitrogen and oxygen atoms in total. The molecule has 0 spiro atoms. The molecule has 1 aromatic carbocycles. The number of aromatic amines is 1. The lowest BCUT2D eigenvalue weighted by molar-refractivity contribution is -0.0129. The maximum absolute atomic E-state index is 12.6. The SMILES string of the molecule is O=C(NCC1(N2CCOCC2)CCSC1)c1cc2ccccc2[nH]1. The second kappa shape index (κ2) is 6.78. The summed E-state index contributed by atoms with van der Waals surface area (Å²) >= 11 is 1.98. The Morgan fingerprint density at radius 1 is 1.33 bits per heavy atom. The quantitative estimate of drug-likeness (QED) is 0.891. The molecule has 1 aromatic heterocycles. The molecule has 2 aliphatic rings. The third-order valence-electron chi connectivity index (χ3n) is 5.12. The molecule has 2 fully saturated rings. The van der Waals surface area contributed by atoms with Crippen LogP contribution in [0.3, 0.4) is 0 Å². The number of nitrogens with one attached hydrogen (secondary N) is 2. The molecule has 0 saturated carbocycles. The van der Waals surface area contributed by atoms with Gasteiger partial charge in [-0.15, -0.1) is 0 Å². The third-order valence-corrected chi connectivity index (χ3v) is 6.35. The minimum Gasteiger partial charge on any atom is -0.379 e. The van der Waals surface area contributed by atoms with Crippen LogP contribution in [0.1, 0.15) is 16.9 Å². The van der Waals surface area contributed by atoms with Crippen molar-refractivity contribution in [1.29, 1.82) is 0 Å². The van der Waals surface area contributed by atoms with Crippen molar-refractivity contribution in [2.24, 2.45) is 0 Å². The lowest BCUT2D eigenvalue weighted by Crippen LogP contribution is -2.59. The molecule has 24 heavy (non-hydrogen) atoms. The van der Waals surface area contributed by atoms with Gasteiger partial charge in [-0.2, -0.15) is 11.8 Å². The number of thioether (sulfide) groups is 1. The molecule has 128 valence electrons. The number of carbonyl (C=O) groups is 1. The molecular weight excluding hydrogens is 322 g/mol. The predicted molar refractivity (Wildman–Crippen MR) is 97.7 cm³/mol. The Kier molecular flexibility index (Phi) is 4.52. The number of hydrogen-bond donors (Lipinski definition) is 2. The van der Waals surface area contributed by atoms with E-state index in [-0.39, 0.29) is 11.4 Å². The van der Waals surface area contributed by atoms with Gasteiger partial charge < -0.3 is 15.0 Å². The molecule has 3 heterocycles. The molecule has 0 radical (unpaired) electrons. The zero-order valence-corrected chi connectivity index (χ0v) is 14.5. The van der Waals surface area contributed by atoms with E-state index in [0.717, 1.165) is 49.4 Å². The molecule has 2 aromatic rings. The van der Waals surface area contributed by atoms with Gasteiger partial charge in [-0.1, -0.05) is 18.2 Å². The Labute approximate surface area is 146 Å². The van der Waals surface area contributed by atoms with E-state index in [1.54, 1.807) is 0 Å². The number of H-pyrrole nitrogens is 1. The minimum absolute atomic E-state index is 0.0178. The summed E-state index contributed by atoms with van der Waals surface area (Å²) in [5, 5.41) is 4.25. The summed E-state index contributed by atoms with van der Waals surface area (Å²) in [5.41, 5.74) is 1.72. The zero-order chi connectivity index (χ0) is 16.4. The largest absolute Gasteiger partial charge is 0.379 e. The maximum atomic E-state index is 12.6. The van der Waals surface area contributed by atoms with Gasteiger partial charge in [-0.25, -0.2) is 0 Å². The molecule has 4 rings (SSSR count). The highest BCUT2D eigenvalue weighted by atomic mass is 32.2. The summed E-state index contributed by atoms with van der Waals surface area (Å²) in [4.78, 5) is 18.3. The van der Waals surface area contributed by atoms with Gasteiger partial charge in [0.1, 0.15) is 5.69 Å². The van der Waals surface area contributed by atoms with Crippen LogP contribution < -0.4 is 5.32 Å². The number of morpholine rings is 1. The van der Waals surface area contributed by atoms with Crippen molar-refractivity contribution >= 4 is 28.6 Å². The highest BCUT2D eigenvalue weighted by molar-refractivity contribution is 7.99. The van der Waals surface area contributed by atoms with Crippen molar-refractivity contribution in [2.45, 2.75) is 12.0 Å². The fourth-order valence-electron chi connectivity index (χ4n) is 3.67. The molecule has 2 saturated heterocycles. The first-order valence-electron chi connectivity index (χ1n) is 8.53. The number of hydrogen-bond acceptors (Lipinski definition) is 4. The second-order valence-electron chi connectivity index (χ2n) is 6.58. The number of fused-ring (bicyclic) bond motifs is 1. The molecule has 1 atom stereocenters. The Bertz CT molecular complexity index is 685. The monoisotopic (exact) mass is 345 g/mol. The number of ether oxygens (including phenoxy) is 1. The summed E-state index contributed by atoms with van der Waals surface area (Å²) in [5.74, 6) is 2.23. The number of amides is 1. The van der Waals surface area contributed by atoms with Crippen LogP contribution in [0.25, 0.3) is 10.9 Å². The van der Waals surface area contributed by atoms with E-state index in [2.05, 4.69) is 15.2 Å². The van der Waals surface area contributed by atoms with Crippen LogP contribution in [-0.2, 0) is 4.74 Å². The summed E-state index contributed by atoms with van der Waals surface area (Å²) in [7, 11) is 0. The van der Waals surface area contributed by atoms with E-state index in [0.29, 0.717) is 12.2 Å². The molecular formula is C18H23N3O2S. The van der Waals surface area contributed by atoms with Gasteiger partial charge in [0.2, 0.25) is 0 Å². The first kappa shape index (κ1) is 16.0. The number of aromatic nitrogens is 1. The summed E-state index contributed by atoms with van der Waals surface area (Å²) in [6, 6.07) is 9.90. The smallest absolute Gasteiger partial charge is 0.267 e. The van der Waals surface area contributed by atoms with Crippen LogP contribution in [0, 0.1) is 0 Å². The van der Waals surface area contributed by atoms with Crippen LogP contribution in [0.2, 0.25) is 0 Å². The standard InChI is InChI=1S/C18H23N3O2S/c22-17(16-11-14-3-1-2-4-15(14)20-16)19-12-18(5-10-24-13-18)21-6-8-23-9-7-21/h1-4,11,20H,5-10,12-13H2,(H,19,22). The Balaban J connectivity index is 1.46. The van der Waals surface area contributed by atoms with Crippen molar-refractivity contribution in [3.05, 3.63) is 36.0 Å². The predicted octanol–water partition coefficient (Wildman–Crippen LogP) is 2.11. The van der Waals surface area contributed by atoms with Crippen molar-refractivity contribution in [1.82, 2.24) is 15.2 Å². The molecule has 0 bridgehead atoms. The van der Waals surface area contributed by atoms with Gasteiger partial charge in [-0.3, -0.25) is 9.69 Å². The van der Waals surface area contributed by atoms with Gasteiger partial charge in [0, 0.05) is 41.8 Å². The summed E-state index contributed by atoms with van der Waals surface area (Å²) in [6.45, 7) is 4.21. The van der Waals surface area contributed by atoms with Gasteiger partial charge in [0.25, 0.3) is 5.91 Å². The number of nitrogens with zero attached hydrogens (tertiary/aromatic N) is 1. The molecule has 2 N–H and O–H groups in total. The fraction of sp³-hybridized carbons (Fsp3) is 0.500. The van der Waals surface area contributed by atoms with Crippen molar-refractivity contribution in [3.63, 3.8) is 0 Å². The van der Waals surface area contributed by atoms with Crippen molar-refractivity contribution in [3.8, 4) is 0 Å². The highest BCUT2D eigenvalue weighted by Crippen LogP contribution is 2.33. The lowest BCUT2D eigenvalue weighted by Gasteiger charge is -2.43. The maximum Gasteiger partial charge on any atom is 0.267 e. The van der Waals surface area contributed by atoms with Gasteiger partial charge in [0.15, 0.2) is 0 Å². The first-order valence-corrected chi connectivity index (χ1v) is 9.69. The lowest BCUT2D eigenvalue weighted by atomic mass is 9.95. The summed E-state index contributed by atoms with van der Waals surface area (Å²) < 4.78 is 5.49. The van der Waals surface area contributed by atoms with Gasteiger partial charge in [-0.05, 0) is 24.3 Å². The highest BCUT2D eigenvalue weighted by Gasteiger charge is 2.40. The van der Waals surface area contributed by atoms with E-state index in [9.17, 15) is 4.79 Å². The molecule has 1 amide bonds. The van der Waals surface area contributed by atoms with Crippen LogP contribution in [0.4, 0.5) is 0 Å². The van der Waals surface area contributed by atoms with E-state index in [1.807, 2.05) is 42.1 Å². The first-order chi connectivity index (χ1) is 11.8. The van der Waals surface area contributed by atoms with Crippen LogP contribution in [0.5, 0.6) is 0 Å². The number of para-hydroxylation sites is 1. The number of benzene rings is 1. The van der Waals surface area contributed by atoms with Crippen molar-refractivity contribution < 1.29 is 9.53 Å². The average molecular weight is 345 g/mol. The Morgan fingerprint density at radius 3 is 2.92 bits per heavy atom. The Hall–Kier alpha value is -1.50. The summed E-state index contributed by atoms with van der Waals surface area (Å²) in [6.07, 6.45) is 1.13. The second-order valence-corrected chi connectivity index (χ2v) is 7.68. The van der Waals surface area contributed by atoms with Crippen LogP contribution in [-0.4, -0.2) is 65.7 Å². The fourth-order valence-corrected chi connectivity index (χ4v) is 5.15. The van der Waals surface area contributed by atoms with Crippen LogP contribution >= 0.6 is 11.8 Å². The van der Waals surface area contributed by atoms with Crippen LogP contribution in [0.15, 0.2) is 30.3 Å². The van der Waals surface area contributed by atoms with E-state index >= 15 is 0 Å². The normalized spacial score (nSPS) is 25.2. The number of carbonyl (C=O) groups excluding carboxylic acids is 1. The van der Waals surface area contributed by atoms with Crippen molar-refractivity contribution in [2.75, 3.05) is 44.4 Å². The van der Waals surface area contributed by atoms with E-state index in [4.69, 9.17) is 4.74 Å². The topological polar surface area (TPSA) is 57.4 Å². The van der Waals surface area contributed by atoms with Gasteiger partial charge >= 0.3 is 0 Å². The molecule has 6 heteroatoms. The van der Waals surface area contributed by atoms with Gasteiger partial charge in [0.05, 0.1) is 13.2 Å². The molecule has 0 aliphatic carbocycles. The minimum atomic E-state index is -0.0178. The molecule has 1 unspecified atom stereocenters.